The molecule has 15 heavy (non-hydrogen) atoms. The van der Waals surface area contributed by atoms with Crippen LogP contribution < -0.4 is 5.73 Å². The molecule has 1 aliphatic heterocycles. The van der Waals surface area contributed by atoms with Crippen LogP contribution in [-0.2, 0) is 5.75 Å². The lowest BCUT2D eigenvalue weighted by Crippen LogP contribution is -2.20. The van der Waals surface area contributed by atoms with E-state index in [1.807, 2.05) is 6.92 Å². The molecular weight excluding hydrogens is 216 g/mol. The van der Waals surface area contributed by atoms with Crippen LogP contribution in [0.3, 0.4) is 0 Å². The van der Waals surface area contributed by atoms with Crippen LogP contribution in [0.25, 0.3) is 0 Å². The van der Waals surface area contributed by atoms with E-state index in [1.165, 1.54) is 6.07 Å². The fourth-order valence-electron chi connectivity index (χ4n) is 1.83. The minimum Gasteiger partial charge on any atom is -0.324 e. The lowest BCUT2D eigenvalue weighted by Gasteiger charge is -2.18. The summed E-state index contributed by atoms with van der Waals surface area (Å²) in [5, 5.41) is 0. The number of benzene rings is 1. The number of fused-ring (bicyclic) bond motifs is 1. The summed E-state index contributed by atoms with van der Waals surface area (Å²) < 4.78 is 26.6. The molecule has 0 spiro atoms. The van der Waals surface area contributed by atoms with Crippen LogP contribution in [0.5, 0.6) is 0 Å². The summed E-state index contributed by atoms with van der Waals surface area (Å²) in [4.78, 5) is 0. The summed E-state index contributed by atoms with van der Waals surface area (Å²) in [6.45, 7) is 2.01. The van der Waals surface area contributed by atoms with Crippen LogP contribution in [0.15, 0.2) is 12.1 Å². The number of hydrogen-bond donors (Lipinski definition) is 1. The number of rotatable bonds is 0. The molecule has 2 rings (SSSR count). The average Bonchev–Trinajstić information content (AvgIpc) is 2.30. The average molecular weight is 229 g/mol. The largest absolute Gasteiger partial charge is 0.324 e. The third-order valence-corrected chi connectivity index (χ3v) is 4.05. The zero-order chi connectivity index (χ0) is 11.0. The highest BCUT2D eigenvalue weighted by Gasteiger charge is 2.24. The molecule has 82 valence electrons. The topological polar surface area (TPSA) is 26.0 Å². The quantitative estimate of drug-likeness (QED) is 0.740. The van der Waals surface area contributed by atoms with Gasteiger partial charge in [0, 0.05) is 23.4 Å². The molecule has 0 saturated carbocycles. The Balaban J connectivity index is 2.53. The Morgan fingerprint density at radius 1 is 1.40 bits per heavy atom. The van der Waals surface area contributed by atoms with E-state index in [4.69, 9.17) is 5.73 Å². The minimum atomic E-state index is -0.541. The van der Waals surface area contributed by atoms with Crippen LogP contribution in [-0.4, -0.2) is 5.75 Å². The van der Waals surface area contributed by atoms with Crippen LogP contribution in [0.4, 0.5) is 8.78 Å². The van der Waals surface area contributed by atoms with E-state index in [1.54, 1.807) is 11.8 Å². The first-order valence-electron chi connectivity index (χ1n) is 4.90. The molecule has 4 heteroatoms. The van der Waals surface area contributed by atoms with Crippen LogP contribution in [0.1, 0.15) is 24.1 Å². The van der Waals surface area contributed by atoms with Crippen molar-refractivity contribution in [3.05, 3.63) is 34.9 Å². The van der Waals surface area contributed by atoms with Gasteiger partial charge < -0.3 is 5.73 Å². The molecule has 2 unspecified atom stereocenters. The SMILES string of the molecule is CC1CSCc2c(F)cc(F)cc2C1N. The zero-order valence-corrected chi connectivity index (χ0v) is 9.28. The molecule has 0 radical (unpaired) electrons. The van der Waals surface area contributed by atoms with Gasteiger partial charge in [-0.25, -0.2) is 8.78 Å². The number of thioether (sulfide) groups is 1. The Bertz CT molecular complexity index is 381. The molecule has 1 aromatic rings. The molecular formula is C11H13F2NS. The summed E-state index contributed by atoms with van der Waals surface area (Å²) >= 11 is 1.65. The number of nitrogens with two attached hydrogens (primary N) is 1. The van der Waals surface area contributed by atoms with E-state index in [2.05, 4.69) is 0 Å². The first-order valence-corrected chi connectivity index (χ1v) is 6.06. The van der Waals surface area contributed by atoms with Gasteiger partial charge in [-0.1, -0.05) is 6.92 Å². The second kappa shape index (κ2) is 4.10. The predicted octanol–water partition coefficient (Wildman–Crippen LogP) is 2.85. The first kappa shape index (κ1) is 10.9. The van der Waals surface area contributed by atoms with Crippen LogP contribution in [0, 0.1) is 17.6 Å². The standard InChI is InChI=1S/C11H13F2NS/c1-6-4-15-5-9-8(11(6)14)2-7(12)3-10(9)13/h2-3,6,11H,4-5,14H2,1H3. The maximum Gasteiger partial charge on any atom is 0.130 e. The van der Waals surface area contributed by atoms with E-state index in [-0.39, 0.29) is 12.0 Å². The van der Waals surface area contributed by atoms with E-state index in [9.17, 15) is 8.78 Å². The Kier molecular flexibility index (Phi) is 2.98. The normalized spacial score (nSPS) is 25.9. The molecule has 1 heterocycles. The third-order valence-electron chi connectivity index (χ3n) is 2.79. The van der Waals surface area contributed by atoms with Gasteiger partial charge in [0.05, 0.1) is 0 Å². The van der Waals surface area contributed by atoms with E-state index in [0.717, 1.165) is 11.8 Å². The summed E-state index contributed by atoms with van der Waals surface area (Å²) in [6, 6.07) is 2.04. The highest BCUT2D eigenvalue weighted by Crippen LogP contribution is 2.34. The van der Waals surface area contributed by atoms with Gasteiger partial charge in [-0.2, -0.15) is 11.8 Å². The lowest BCUT2D eigenvalue weighted by molar-refractivity contribution is 0.509. The molecule has 1 aromatic carbocycles. The Labute approximate surface area is 92.0 Å². The third kappa shape index (κ3) is 2.01. The van der Waals surface area contributed by atoms with Crippen molar-refractivity contribution in [1.82, 2.24) is 0 Å². The van der Waals surface area contributed by atoms with Crippen molar-refractivity contribution in [2.75, 3.05) is 5.75 Å². The highest BCUT2D eigenvalue weighted by molar-refractivity contribution is 7.98. The molecule has 0 fully saturated rings. The van der Waals surface area contributed by atoms with Crippen molar-refractivity contribution in [1.29, 1.82) is 0 Å². The molecule has 0 aliphatic carbocycles. The molecule has 2 N–H and O–H groups in total. The van der Waals surface area contributed by atoms with Gasteiger partial charge in [0.1, 0.15) is 11.6 Å². The van der Waals surface area contributed by atoms with Gasteiger partial charge in [0.15, 0.2) is 0 Å². The Morgan fingerprint density at radius 3 is 2.87 bits per heavy atom. The minimum absolute atomic E-state index is 0.248. The zero-order valence-electron chi connectivity index (χ0n) is 8.47. The van der Waals surface area contributed by atoms with Gasteiger partial charge in [-0.05, 0) is 23.3 Å². The van der Waals surface area contributed by atoms with Gasteiger partial charge in [0.25, 0.3) is 0 Å². The number of hydrogen-bond acceptors (Lipinski definition) is 2. The maximum absolute atomic E-state index is 13.5. The molecule has 0 bridgehead atoms. The lowest BCUT2D eigenvalue weighted by atomic mass is 9.93. The summed E-state index contributed by atoms with van der Waals surface area (Å²) in [5.41, 5.74) is 7.18. The van der Waals surface area contributed by atoms with E-state index < -0.39 is 11.6 Å². The molecule has 0 aromatic heterocycles. The smallest absolute Gasteiger partial charge is 0.130 e. The van der Waals surface area contributed by atoms with Crippen LogP contribution in [0.2, 0.25) is 0 Å². The van der Waals surface area contributed by atoms with Crippen molar-refractivity contribution in [2.24, 2.45) is 11.7 Å². The molecule has 0 amide bonds. The van der Waals surface area contributed by atoms with Gasteiger partial charge in [0.2, 0.25) is 0 Å². The van der Waals surface area contributed by atoms with Crippen molar-refractivity contribution in [3.8, 4) is 0 Å². The predicted molar refractivity (Wildman–Crippen MR) is 58.6 cm³/mol. The molecule has 1 nitrogen and oxygen atoms in total. The second-order valence-electron chi connectivity index (χ2n) is 3.97. The van der Waals surface area contributed by atoms with Crippen molar-refractivity contribution >= 4 is 11.8 Å². The van der Waals surface area contributed by atoms with Gasteiger partial charge >= 0.3 is 0 Å². The number of halogens is 2. The highest BCUT2D eigenvalue weighted by atomic mass is 32.2. The second-order valence-corrected chi connectivity index (χ2v) is 5.00. The molecule has 1 aliphatic rings. The van der Waals surface area contributed by atoms with Crippen molar-refractivity contribution in [2.45, 2.75) is 18.7 Å². The summed E-state index contributed by atoms with van der Waals surface area (Å²) in [6.07, 6.45) is 0. The monoisotopic (exact) mass is 229 g/mol. The summed E-state index contributed by atoms with van der Waals surface area (Å²) in [5.74, 6) is 0.705. The first-order chi connectivity index (χ1) is 7.09. The van der Waals surface area contributed by atoms with Crippen LogP contribution >= 0.6 is 11.8 Å². The fraction of sp³-hybridized carbons (Fsp3) is 0.455. The van der Waals surface area contributed by atoms with E-state index in [0.29, 0.717) is 16.9 Å². The van der Waals surface area contributed by atoms with E-state index >= 15 is 0 Å². The maximum atomic E-state index is 13.5. The van der Waals surface area contributed by atoms with Gasteiger partial charge in [-0.3, -0.25) is 0 Å². The Morgan fingerprint density at radius 2 is 2.13 bits per heavy atom. The van der Waals surface area contributed by atoms with Crippen molar-refractivity contribution < 1.29 is 8.78 Å². The molecule has 0 saturated heterocycles. The van der Waals surface area contributed by atoms with Gasteiger partial charge in [-0.15, -0.1) is 0 Å². The molecule has 2 atom stereocenters. The van der Waals surface area contributed by atoms with Crippen molar-refractivity contribution in [3.63, 3.8) is 0 Å². The fourth-order valence-corrected chi connectivity index (χ4v) is 3.04. The Hall–Kier alpha value is -0.610. The summed E-state index contributed by atoms with van der Waals surface area (Å²) in [7, 11) is 0.